The highest BCUT2D eigenvalue weighted by molar-refractivity contribution is 6.39. The summed E-state index contributed by atoms with van der Waals surface area (Å²) in [7, 11) is 3.07. The summed E-state index contributed by atoms with van der Waals surface area (Å²) in [5, 5.41) is 13.1. The van der Waals surface area contributed by atoms with Crippen LogP contribution in [0.1, 0.15) is 36.8 Å². The molecule has 0 unspecified atom stereocenters. The Morgan fingerprint density at radius 1 is 0.735 bits per heavy atom. The maximum absolute atomic E-state index is 15.4. The molecule has 6 rings (SSSR count). The molecule has 13 heteroatoms. The lowest BCUT2D eigenvalue weighted by Gasteiger charge is -2.16. The SMILES string of the molecule is COc1nc(-c2cccc(-c3ccc(F)c(-c4ccc(CNC[C@@H]5CCC(=O)N5)c(OC)n4)c3Cl)c2Cl)ccc1CNC[C@@H]1CCC(=O)N1. The van der Waals surface area contributed by atoms with Crippen molar-refractivity contribution >= 4 is 35.0 Å². The number of ether oxygens (including phenoxy) is 2. The number of nitrogens with zero attached hydrogens (tertiary/aromatic N) is 2. The van der Waals surface area contributed by atoms with Crippen LogP contribution in [0, 0.1) is 5.82 Å². The van der Waals surface area contributed by atoms with Crippen molar-refractivity contribution in [2.75, 3.05) is 27.3 Å². The van der Waals surface area contributed by atoms with Gasteiger partial charge >= 0.3 is 0 Å². The van der Waals surface area contributed by atoms with E-state index in [1.165, 1.54) is 13.2 Å². The van der Waals surface area contributed by atoms with Gasteiger partial charge in [-0.3, -0.25) is 9.59 Å². The summed E-state index contributed by atoms with van der Waals surface area (Å²) < 4.78 is 26.6. The quantitative estimate of drug-likeness (QED) is 0.140. The summed E-state index contributed by atoms with van der Waals surface area (Å²) in [6, 6.07) is 16.0. The standard InChI is InChI=1S/C36H37Cl2FN6O4/c1-48-35-20(16-40-18-22-8-14-30(46)42-22)6-12-28(44-35)26-5-3-4-24(33(26)37)25-10-11-27(39)32(34(25)38)29-13-7-21(36(45-29)49-2)17-41-19-23-9-15-31(47)43-23/h3-7,10-13,22-23,40-41H,8-9,14-19H2,1-2H3,(H,42,46)(H,43,47)/t22-,23-/m0/s1. The van der Waals surface area contributed by atoms with Gasteiger partial charge in [-0.05, 0) is 37.1 Å². The zero-order chi connectivity index (χ0) is 34.5. The average Bonchev–Trinajstić information content (AvgIpc) is 3.72. The fourth-order valence-corrected chi connectivity index (χ4v) is 6.88. The Kier molecular flexibility index (Phi) is 10.9. The first-order chi connectivity index (χ1) is 23.7. The van der Waals surface area contributed by atoms with E-state index in [2.05, 4.69) is 26.3 Å². The minimum absolute atomic E-state index is 0.0631. The fraction of sp³-hybridized carbons (Fsp3) is 0.333. The second-order valence-electron chi connectivity index (χ2n) is 12.0. The van der Waals surface area contributed by atoms with E-state index in [1.807, 2.05) is 36.4 Å². The molecule has 0 saturated carbocycles. The van der Waals surface area contributed by atoms with Gasteiger partial charge < -0.3 is 30.7 Å². The highest BCUT2D eigenvalue weighted by Crippen LogP contribution is 2.43. The largest absolute Gasteiger partial charge is 0.481 e. The summed E-state index contributed by atoms with van der Waals surface area (Å²) in [6.45, 7) is 2.24. The summed E-state index contributed by atoms with van der Waals surface area (Å²) in [4.78, 5) is 32.3. The van der Waals surface area contributed by atoms with E-state index in [0.29, 0.717) is 83.9 Å². The number of carbonyl (C=O) groups excluding carboxylic acids is 2. The van der Waals surface area contributed by atoms with Gasteiger partial charge in [-0.25, -0.2) is 14.4 Å². The van der Waals surface area contributed by atoms with Gasteiger partial charge in [-0.1, -0.05) is 53.5 Å². The Bertz CT molecular complexity index is 1880. The number of halogens is 3. The van der Waals surface area contributed by atoms with Gasteiger partial charge in [0.15, 0.2) is 0 Å². The molecule has 2 aromatic heterocycles. The number of rotatable bonds is 13. The summed E-state index contributed by atoms with van der Waals surface area (Å²) in [5.41, 5.74) is 4.46. The molecule has 256 valence electrons. The monoisotopic (exact) mass is 706 g/mol. The number of nitrogens with one attached hydrogen (secondary N) is 4. The lowest BCUT2D eigenvalue weighted by molar-refractivity contribution is -0.120. The normalized spacial score (nSPS) is 17.2. The molecule has 0 spiro atoms. The van der Waals surface area contributed by atoms with E-state index in [-0.39, 0.29) is 34.5 Å². The maximum Gasteiger partial charge on any atom is 0.220 e. The van der Waals surface area contributed by atoms with E-state index in [4.69, 9.17) is 37.7 Å². The summed E-state index contributed by atoms with van der Waals surface area (Å²) in [5.74, 6) is 0.395. The predicted octanol–water partition coefficient (Wildman–Crippen LogP) is 5.68. The Morgan fingerprint density at radius 2 is 1.27 bits per heavy atom. The van der Waals surface area contributed by atoms with Crippen LogP contribution in [0.15, 0.2) is 54.6 Å². The van der Waals surface area contributed by atoms with Crippen molar-refractivity contribution < 1.29 is 23.5 Å². The molecule has 0 radical (unpaired) electrons. The van der Waals surface area contributed by atoms with Crippen molar-refractivity contribution in [1.82, 2.24) is 31.2 Å². The van der Waals surface area contributed by atoms with E-state index in [1.54, 1.807) is 19.2 Å². The van der Waals surface area contributed by atoms with Gasteiger partial charge in [-0.15, -0.1) is 0 Å². The van der Waals surface area contributed by atoms with Crippen LogP contribution >= 0.6 is 23.2 Å². The molecule has 4 N–H and O–H groups in total. The van der Waals surface area contributed by atoms with Crippen LogP contribution in [0.5, 0.6) is 11.8 Å². The Balaban J connectivity index is 1.23. The number of hydrogen-bond acceptors (Lipinski definition) is 8. The molecule has 2 aliphatic heterocycles. The first-order valence-corrected chi connectivity index (χ1v) is 16.9. The first-order valence-electron chi connectivity index (χ1n) is 16.1. The fourth-order valence-electron chi connectivity index (χ4n) is 6.21. The Labute approximate surface area is 294 Å². The number of pyridine rings is 2. The minimum atomic E-state index is -0.538. The number of carbonyl (C=O) groups is 2. The molecule has 0 bridgehead atoms. The zero-order valence-corrected chi connectivity index (χ0v) is 28.7. The van der Waals surface area contributed by atoms with Crippen molar-refractivity contribution in [1.29, 1.82) is 0 Å². The van der Waals surface area contributed by atoms with Crippen LogP contribution in [-0.2, 0) is 22.7 Å². The van der Waals surface area contributed by atoms with E-state index in [0.717, 1.165) is 24.0 Å². The molecule has 2 saturated heterocycles. The lowest BCUT2D eigenvalue weighted by atomic mass is 9.97. The Morgan fingerprint density at radius 3 is 1.82 bits per heavy atom. The van der Waals surface area contributed by atoms with Gasteiger partial charge in [0.05, 0.1) is 41.2 Å². The molecule has 10 nitrogen and oxygen atoms in total. The number of amides is 2. The lowest BCUT2D eigenvalue weighted by Crippen LogP contribution is -2.35. The molecule has 2 amide bonds. The van der Waals surface area contributed by atoms with E-state index < -0.39 is 5.82 Å². The van der Waals surface area contributed by atoms with Gasteiger partial charge in [0.2, 0.25) is 23.6 Å². The maximum atomic E-state index is 15.4. The third kappa shape index (κ3) is 7.80. The second kappa shape index (κ2) is 15.5. The molecular formula is C36H37Cl2FN6O4. The Hall–Kier alpha value is -4.29. The highest BCUT2D eigenvalue weighted by atomic mass is 35.5. The highest BCUT2D eigenvalue weighted by Gasteiger charge is 2.23. The van der Waals surface area contributed by atoms with Gasteiger partial charge in [0.1, 0.15) is 5.82 Å². The van der Waals surface area contributed by atoms with Crippen molar-refractivity contribution in [3.8, 4) is 45.4 Å². The van der Waals surface area contributed by atoms with E-state index >= 15 is 4.39 Å². The number of methoxy groups -OCH3 is 2. The van der Waals surface area contributed by atoms with Crippen LogP contribution in [0.4, 0.5) is 4.39 Å². The van der Waals surface area contributed by atoms with Crippen LogP contribution in [0.25, 0.3) is 33.6 Å². The number of benzene rings is 2. The first kappa shape index (κ1) is 34.6. The second-order valence-corrected chi connectivity index (χ2v) is 12.8. The van der Waals surface area contributed by atoms with Crippen molar-refractivity contribution in [2.24, 2.45) is 0 Å². The van der Waals surface area contributed by atoms with Crippen molar-refractivity contribution in [3.63, 3.8) is 0 Å². The average molecular weight is 708 g/mol. The molecular weight excluding hydrogens is 670 g/mol. The van der Waals surface area contributed by atoms with Crippen molar-refractivity contribution in [3.05, 3.63) is 81.6 Å². The van der Waals surface area contributed by atoms with Gasteiger partial charge in [0, 0.05) is 78.9 Å². The molecule has 2 aliphatic rings. The van der Waals surface area contributed by atoms with Gasteiger partial charge in [0.25, 0.3) is 0 Å². The molecule has 2 fully saturated rings. The van der Waals surface area contributed by atoms with Crippen LogP contribution in [0.3, 0.4) is 0 Å². The third-order valence-corrected chi connectivity index (χ3v) is 9.56. The molecule has 2 atom stereocenters. The molecule has 4 heterocycles. The van der Waals surface area contributed by atoms with E-state index in [9.17, 15) is 9.59 Å². The number of aromatic nitrogens is 2. The molecule has 49 heavy (non-hydrogen) atoms. The molecule has 0 aliphatic carbocycles. The van der Waals surface area contributed by atoms with Gasteiger partial charge in [-0.2, -0.15) is 0 Å². The van der Waals surface area contributed by atoms with Crippen LogP contribution in [-0.4, -0.2) is 61.2 Å². The van der Waals surface area contributed by atoms with Crippen LogP contribution in [0.2, 0.25) is 10.0 Å². The third-order valence-electron chi connectivity index (χ3n) is 8.76. The zero-order valence-electron chi connectivity index (χ0n) is 27.2. The minimum Gasteiger partial charge on any atom is -0.481 e. The summed E-state index contributed by atoms with van der Waals surface area (Å²) in [6.07, 6.45) is 2.69. The van der Waals surface area contributed by atoms with Crippen LogP contribution < -0.4 is 30.7 Å². The molecule has 2 aromatic carbocycles. The summed E-state index contributed by atoms with van der Waals surface area (Å²) >= 11 is 14.0. The van der Waals surface area contributed by atoms with Crippen molar-refractivity contribution in [2.45, 2.75) is 50.9 Å². The topological polar surface area (TPSA) is 126 Å². The smallest absolute Gasteiger partial charge is 0.220 e. The number of hydrogen-bond donors (Lipinski definition) is 4. The molecule has 4 aromatic rings. The predicted molar refractivity (Wildman–Crippen MR) is 187 cm³/mol.